The first-order valence-corrected chi connectivity index (χ1v) is 10.9. The molecule has 1 aromatic carbocycles. The molecule has 0 aliphatic carbocycles. The van der Waals surface area contributed by atoms with E-state index in [1.54, 1.807) is 48.9 Å². The summed E-state index contributed by atoms with van der Waals surface area (Å²) in [5.41, 5.74) is 6.39. The van der Waals surface area contributed by atoms with Gasteiger partial charge in [-0.15, -0.1) is 0 Å². The highest BCUT2D eigenvalue weighted by Gasteiger charge is 2.18. The molecule has 0 aliphatic rings. The monoisotopic (exact) mass is 470 g/mol. The van der Waals surface area contributed by atoms with Gasteiger partial charge in [-0.2, -0.15) is 0 Å². The van der Waals surface area contributed by atoms with Crippen molar-refractivity contribution in [3.05, 3.63) is 76.7 Å². The molecule has 4 heterocycles. The van der Waals surface area contributed by atoms with Gasteiger partial charge in [0.1, 0.15) is 5.82 Å². The second-order valence-corrected chi connectivity index (χ2v) is 8.06. The lowest BCUT2D eigenvalue weighted by molar-refractivity contribution is -0.105. The van der Waals surface area contributed by atoms with Gasteiger partial charge in [-0.3, -0.25) is 23.9 Å². The maximum absolute atomic E-state index is 13.2. The molecule has 0 fully saturated rings. The van der Waals surface area contributed by atoms with Crippen LogP contribution < -0.4 is 11.0 Å². The van der Waals surface area contributed by atoms with Gasteiger partial charge in [-0.25, -0.2) is 9.78 Å². The molecule has 0 unspecified atom stereocenters. The van der Waals surface area contributed by atoms with Crippen molar-refractivity contribution >= 4 is 34.2 Å². The van der Waals surface area contributed by atoms with E-state index in [2.05, 4.69) is 25.0 Å². The van der Waals surface area contributed by atoms with Crippen molar-refractivity contribution in [2.75, 3.05) is 19.5 Å². The van der Waals surface area contributed by atoms with Crippen LogP contribution in [-0.4, -0.2) is 44.7 Å². The zero-order chi connectivity index (χ0) is 25.1. The molecule has 178 valence electrons. The second kappa shape index (κ2) is 9.86. The predicted molar refractivity (Wildman–Crippen MR) is 137 cm³/mol. The number of imidazole rings is 1. The first kappa shape index (κ1) is 23.8. The number of carbonyl (C=O) groups is 1. The minimum absolute atomic E-state index is 0.153. The maximum atomic E-state index is 13.2. The van der Waals surface area contributed by atoms with Gasteiger partial charge in [-0.1, -0.05) is 6.07 Å². The first-order valence-electron chi connectivity index (χ1n) is 10.9. The van der Waals surface area contributed by atoms with Crippen LogP contribution in [-0.2, 0) is 16.6 Å². The summed E-state index contributed by atoms with van der Waals surface area (Å²) >= 11 is 0. The quantitative estimate of drug-likeness (QED) is 0.401. The molecule has 4 aromatic heterocycles. The highest BCUT2D eigenvalue weighted by Crippen LogP contribution is 2.30. The third kappa shape index (κ3) is 4.41. The Hall–Kier alpha value is -4.37. The molecule has 0 radical (unpaired) electrons. The number of methoxy groups -OCH3 is 1. The second-order valence-electron chi connectivity index (χ2n) is 8.06. The minimum atomic E-state index is -0.153. The Morgan fingerprint density at radius 1 is 0.971 bits per heavy atom. The number of carbonyl (C=O) groups excluding carboxylic acids is 1. The molecule has 9 heteroatoms. The number of pyridine rings is 3. The molecular weight excluding hydrogens is 444 g/mol. The van der Waals surface area contributed by atoms with Crippen molar-refractivity contribution < 1.29 is 9.53 Å². The van der Waals surface area contributed by atoms with Crippen molar-refractivity contribution in [2.24, 2.45) is 7.05 Å². The van der Waals surface area contributed by atoms with Crippen LogP contribution in [0.3, 0.4) is 0 Å². The minimum Gasteiger partial charge on any atom is -0.388 e. The average molecular weight is 471 g/mol. The van der Waals surface area contributed by atoms with E-state index in [0.717, 1.165) is 50.1 Å². The van der Waals surface area contributed by atoms with E-state index in [-0.39, 0.29) is 5.69 Å². The summed E-state index contributed by atoms with van der Waals surface area (Å²) in [6.45, 7) is 3.83. The SMILES string of the molecule is COC.Cc1ccc(-n2c(=O)n(C)c3cnc4ccc(-c5ccc(NC=O)nc5)cc4c32)c(C)n1. The fourth-order valence-corrected chi connectivity index (χ4v) is 4.03. The van der Waals surface area contributed by atoms with E-state index in [1.165, 1.54) is 0 Å². The molecule has 0 saturated heterocycles. The highest BCUT2D eigenvalue weighted by molar-refractivity contribution is 6.04. The molecule has 9 nitrogen and oxygen atoms in total. The van der Waals surface area contributed by atoms with E-state index in [0.29, 0.717) is 12.2 Å². The molecule has 0 aliphatic heterocycles. The number of aryl methyl sites for hydroxylation is 3. The van der Waals surface area contributed by atoms with Gasteiger partial charge in [0.15, 0.2) is 0 Å². The summed E-state index contributed by atoms with van der Waals surface area (Å²) in [5.74, 6) is 0.479. The number of rotatable bonds is 4. The van der Waals surface area contributed by atoms with Crippen LogP contribution in [0.2, 0.25) is 0 Å². The molecule has 0 bridgehead atoms. The van der Waals surface area contributed by atoms with E-state index in [1.807, 2.05) is 50.2 Å². The standard InChI is InChI=1S/C24H20N6O2.C2H6O/c1-14-4-8-20(15(2)28-14)30-23-18-10-16(17-6-9-22(26-11-17)27-13-31)5-7-19(18)25-12-21(23)29(3)24(30)32;1-3-2/h4-13H,1-3H3,(H,26,27,31);1-2H3. The number of fused-ring (bicyclic) bond motifs is 3. The number of nitrogens with zero attached hydrogens (tertiary/aromatic N) is 5. The topological polar surface area (TPSA) is 104 Å². The Morgan fingerprint density at radius 3 is 2.37 bits per heavy atom. The van der Waals surface area contributed by atoms with Gasteiger partial charge >= 0.3 is 5.69 Å². The number of benzene rings is 1. The maximum Gasteiger partial charge on any atom is 0.333 e. The summed E-state index contributed by atoms with van der Waals surface area (Å²) in [7, 11) is 5.00. The van der Waals surface area contributed by atoms with Crippen LogP contribution in [0.5, 0.6) is 0 Å². The van der Waals surface area contributed by atoms with E-state index >= 15 is 0 Å². The Balaban J connectivity index is 0.000000917. The third-order valence-corrected chi connectivity index (χ3v) is 5.63. The lowest BCUT2D eigenvalue weighted by atomic mass is 10.0. The van der Waals surface area contributed by atoms with Crippen molar-refractivity contribution in [3.8, 4) is 16.8 Å². The summed E-state index contributed by atoms with van der Waals surface area (Å²) in [5, 5.41) is 3.39. The lowest BCUT2D eigenvalue weighted by Gasteiger charge is -2.10. The van der Waals surface area contributed by atoms with Crippen LogP contribution >= 0.6 is 0 Å². The smallest absolute Gasteiger partial charge is 0.333 e. The zero-order valence-corrected chi connectivity index (χ0v) is 20.2. The average Bonchev–Trinajstić information content (AvgIpc) is 3.10. The molecule has 35 heavy (non-hydrogen) atoms. The normalized spacial score (nSPS) is 10.8. The number of amides is 1. The molecule has 5 rings (SSSR count). The van der Waals surface area contributed by atoms with Gasteiger partial charge in [0.2, 0.25) is 6.41 Å². The molecule has 5 aromatic rings. The fourth-order valence-electron chi connectivity index (χ4n) is 4.03. The van der Waals surface area contributed by atoms with Gasteiger partial charge in [0.05, 0.1) is 34.1 Å². The number of nitrogens with one attached hydrogen (secondary N) is 1. The number of hydrogen-bond acceptors (Lipinski definition) is 6. The van der Waals surface area contributed by atoms with Gasteiger partial charge in [-0.05, 0) is 55.8 Å². The summed E-state index contributed by atoms with van der Waals surface area (Å²) < 4.78 is 7.56. The molecule has 1 amide bonds. The fraction of sp³-hybridized carbons (Fsp3) is 0.192. The Kier molecular flexibility index (Phi) is 6.70. The van der Waals surface area contributed by atoms with E-state index < -0.39 is 0 Å². The van der Waals surface area contributed by atoms with Crippen LogP contribution in [0.1, 0.15) is 11.4 Å². The zero-order valence-electron chi connectivity index (χ0n) is 20.2. The molecule has 1 N–H and O–H groups in total. The number of aromatic nitrogens is 5. The van der Waals surface area contributed by atoms with Crippen LogP contribution in [0.4, 0.5) is 5.82 Å². The van der Waals surface area contributed by atoms with E-state index in [9.17, 15) is 9.59 Å². The van der Waals surface area contributed by atoms with Crippen LogP contribution in [0, 0.1) is 13.8 Å². The number of anilines is 1. The summed E-state index contributed by atoms with van der Waals surface area (Å²) in [6.07, 6.45) is 4.03. The van der Waals surface area contributed by atoms with Gasteiger partial charge < -0.3 is 10.1 Å². The van der Waals surface area contributed by atoms with Crippen molar-refractivity contribution in [3.63, 3.8) is 0 Å². The predicted octanol–water partition coefficient (Wildman–Crippen LogP) is 3.78. The number of hydrogen-bond donors (Lipinski definition) is 1. The Bertz CT molecular complexity index is 1590. The van der Waals surface area contributed by atoms with Gasteiger partial charge in [0.25, 0.3) is 0 Å². The highest BCUT2D eigenvalue weighted by atomic mass is 16.4. The number of ether oxygens (including phenoxy) is 1. The Morgan fingerprint density at radius 2 is 1.71 bits per heavy atom. The molecule has 0 atom stereocenters. The van der Waals surface area contributed by atoms with Crippen LogP contribution in [0.15, 0.2) is 59.7 Å². The van der Waals surface area contributed by atoms with Crippen LogP contribution in [0.25, 0.3) is 38.8 Å². The first-order chi connectivity index (χ1) is 16.9. The molecule has 0 saturated carbocycles. The van der Waals surface area contributed by atoms with E-state index in [4.69, 9.17) is 0 Å². The lowest BCUT2D eigenvalue weighted by Crippen LogP contribution is -2.21. The van der Waals surface area contributed by atoms with Crippen molar-refractivity contribution in [1.29, 1.82) is 0 Å². The van der Waals surface area contributed by atoms with Crippen molar-refractivity contribution in [1.82, 2.24) is 24.1 Å². The largest absolute Gasteiger partial charge is 0.388 e. The summed E-state index contributed by atoms with van der Waals surface area (Å²) in [6, 6.07) is 13.4. The third-order valence-electron chi connectivity index (χ3n) is 5.63. The van der Waals surface area contributed by atoms with Crippen molar-refractivity contribution in [2.45, 2.75) is 13.8 Å². The molecular formula is C26H26N6O3. The summed E-state index contributed by atoms with van der Waals surface area (Å²) in [4.78, 5) is 37.3. The van der Waals surface area contributed by atoms with Gasteiger partial charge in [0, 0.05) is 44.1 Å². The Labute approximate surface area is 202 Å². The molecule has 0 spiro atoms.